The van der Waals surface area contributed by atoms with Crippen LogP contribution in [-0.4, -0.2) is 17.4 Å². The van der Waals surface area contributed by atoms with Crippen molar-refractivity contribution in [3.63, 3.8) is 0 Å². The summed E-state index contributed by atoms with van der Waals surface area (Å²) in [5.41, 5.74) is 2.23. The van der Waals surface area contributed by atoms with E-state index in [0.717, 1.165) is 11.1 Å². The van der Waals surface area contributed by atoms with Crippen LogP contribution in [0.3, 0.4) is 0 Å². The third-order valence-corrected chi connectivity index (χ3v) is 4.56. The predicted molar refractivity (Wildman–Crippen MR) is 96.6 cm³/mol. The first-order valence-electron chi connectivity index (χ1n) is 8.29. The van der Waals surface area contributed by atoms with Crippen LogP contribution in [0.1, 0.15) is 36.6 Å². The van der Waals surface area contributed by atoms with Gasteiger partial charge in [-0.05, 0) is 51.0 Å². The topological polar surface area (TPSA) is 67.4 Å². The van der Waals surface area contributed by atoms with Crippen LogP contribution < -0.4 is 15.4 Å². The van der Waals surface area contributed by atoms with Gasteiger partial charge in [0, 0.05) is 0 Å². The van der Waals surface area contributed by atoms with Gasteiger partial charge in [0.15, 0.2) is 0 Å². The van der Waals surface area contributed by atoms with Crippen molar-refractivity contribution in [3.8, 4) is 5.75 Å². The standard InChI is InChI=1S/C20H22N2O3/c1-12-9-10-15(13(2)11-12)14(3)21-18(23)20(4)19(24)22-16-7-5-6-8-17(16)25-20/h5-11,14H,1-4H3,(H,21,23)(H,22,24). The zero-order chi connectivity index (χ0) is 18.2. The number of amides is 2. The van der Waals surface area contributed by atoms with E-state index in [-0.39, 0.29) is 6.04 Å². The number of rotatable bonds is 3. The average Bonchev–Trinajstić information content (AvgIpc) is 2.55. The van der Waals surface area contributed by atoms with E-state index in [1.54, 1.807) is 24.3 Å². The molecule has 0 saturated carbocycles. The minimum Gasteiger partial charge on any atom is -0.466 e. The molecule has 5 heteroatoms. The monoisotopic (exact) mass is 338 g/mol. The highest BCUT2D eigenvalue weighted by atomic mass is 16.5. The molecular weight excluding hydrogens is 316 g/mol. The van der Waals surface area contributed by atoms with Gasteiger partial charge in [-0.3, -0.25) is 9.59 Å². The zero-order valence-electron chi connectivity index (χ0n) is 14.8. The van der Waals surface area contributed by atoms with Gasteiger partial charge in [0.1, 0.15) is 5.75 Å². The number of carbonyl (C=O) groups is 2. The molecule has 130 valence electrons. The molecule has 2 atom stereocenters. The van der Waals surface area contributed by atoms with Gasteiger partial charge < -0.3 is 15.4 Å². The molecule has 0 spiro atoms. The molecule has 0 saturated heterocycles. The lowest BCUT2D eigenvalue weighted by molar-refractivity contribution is -0.147. The molecule has 0 aromatic heterocycles. The lowest BCUT2D eigenvalue weighted by atomic mass is 9.97. The van der Waals surface area contributed by atoms with E-state index in [9.17, 15) is 9.59 Å². The van der Waals surface area contributed by atoms with Gasteiger partial charge >= 0.3 is 0 Å². The predicted octanol–water partition coefficient (Wildman–Crippen LogP) is 3.27. The van der Waals surface area contributed by atoms with Crippen molar-refractivity contribution >= 4 is 17.5 Å². The average molecular weight is 338 g/mol. The molecule has 2 amide bonds. The van der Waals surface area contributed by atoms with Gasteiger partial charge in [-0.15, -0.1) is 0 Å². The van der Waals surface area contributed by atoms with Crippen LogP contribution in [0.2, 0.25) is 0 Å². The van der Waals surface area contributed by atoms with Crippen molar-refractivity contribution in [3.05, 3.63) is 59.2 Å². The minimum atomic E-state index is -1.61. The van der Waals surface area contributed by atoms with E-state index in [1.165, 1.54) is 12.5 Å². The zero-order valence-corrected chi connectivity index (χ0v) is 14.8. The molecule has 3 rings (SSSR count). The summed E-state index contributed by atoms with van der Waals surface area (Å²) >= 11 is 0. The minimum absolute atomic E-state index is 0.238. The van der Waals surface area contributed by atoms with Crippen LogP contribution in [0.25, 0.3) is 0 Å². The van der Waals surface area contributed by atoms with Gasteiger partial charge in [0.2, 0.25) is 0 Å². The number of benzene rings is 2. The summed E-state index contributed by atoms with van der Waals surface area (Å²) in [7, 11) is 0. The van der Waals surface area contributed by atoms with Crippen molar-refractivity contribution in [2.45, 2.75) is 39.3 Å². The Morgan fingerprint density at radius 2 is 1.92 bits per heavy atom. The third-order valence-electron chi connectivity index (χ3n) is 4.56. The third kappa shape index (κ3) is 3.09. The van der Waals surface area contributed by atoms with Crippen LogP contribution in [0.5, 0.6) is 5.75 Å². The molecular formula is C20H22N2O3. The molecule has 0 fully saturated rings. The summed E-state index contributed by atoms with van der Waals surface area (Å²) < 4.78 is 5.76. The Balaban J connectivity index is 1.81. The molecule has 1 aliphatic rings. The Bertz CT molecular complexity index is 847. The summed E-state index contributed by atoms with van der Waals surface area (Å²) in [5.74, 6) is -0.456. The van der Waals surface area contributed by atoms with Crippen molar-refractivity contribution in [2.75, 3.05) is 5.32 Å². The number of hydrogen-bond donors (Lipinski definition) is 2. The van der Waals surface area contributed by atoms with Crippen LogP contribution in [0, 0.1) is 13.8 Å². The molecule has 0 bridgehead atoms. The second-order valence-corrected chi connectivity index (χ2v) is 6.64. The Kier molecular flexibility index (Phi) is 4.25. The molecule has 0 radical (unpaired) electrons. The lowest BCUT2D eigenvalue weighted by Crippen LogP contribution is -2.59. The van der Waals surface area contributed by atoms with Crippen molar-refractivity contribution in [1.82, 2.24) is 5.32 Å². The lowest BCUT2D eigenvalue weighted by Gasteiger charge is -2.34. The first-order chi connectivity index (χ1) is 11.8. The fourth-order valence-corrected chi connectivity index (χ4v) is 3.04. The quantitative estimate of drug-likeness (QED) is 0.844. The summed E-state index contributed by atoms with van der Waals surface area (Å²) in [6, 6.07) is 12.9. The van der Waals surface area contributed by atoms with E-state index in [0.29, 0.717) is 11.4 Å². The number of fused-ring (bicyclic) bond motifs is 1. The molecule has 2 aromatic carbocycles. The highest BCUT2D eigenvalue weighted by Crippen LogP contribution is 2.33. The number of para-hydroxylation sites is 2. The summed E-state index contributed by atoms with van der Waals surface area (Å²) in [4.78, 5) is 25.3. The largest absolute Gasteiger partial charge is 0.466 e. The number of nitrogens with one attached hydrogen (secondary N) is 2. The number of ether oxygens (including phenoxy) is 1. The smallest absolute Gasteiger partial charge is 0.278 e. The Morgan fingerprint density at radius 3 is 2.64 bits per heavy atom. The van der Waals surface area contributed by atoms with Gasteiger partial charge in [-0.2, -0.15) is 0 Å². The molecule has 0 aliphatic carbocycles. The van der Waals surface area contributed by atoms with Crippen molar-refractivity contribution in [1.29, 1.82) is 0 Å². The Hall–Kier alpha value is -2.82. The summed E-state index contributed by atoms with van der Waals surface area (Å²) in [6.45, 7) is 7.42. The fraction of sp³-hybridized carbons (Fsp3) is 0.300. The van der Waals surface area contributed by atoms with E-state index in [2.05, 4.69) is 16.7 Å². The highest BCUT2D eigenvalue weighted by molar-refractivity contribution is 6.15. The molecule has 1 heterocycles. The van der Waals surface area contributed by atoms with Crippen molar-refractivity contribution in [2.24, 2.45) is 0 Å². The maximum absolute atomic E-state index is 12.8. The molecule has 5 nitrogen and oxygen atoms in total. The van der Waals surface area contributed by atoms with E-state index >= 15 is 0 Å². The van der Waals surface area contributed by atoms with E-state index < -0.39 is 17.4 Å². The van der Waals surface area contributed by atoms with E-state index in [1.807, 2.05) is 32.9 Å². The van der Waals surface area contributed by atoms with Crippen LogP contribution in [-0.2, 0) is 9.59 Å². The number of aryl methyl sites for hydroxylation is 2. The highest BCUT2D eigenvalue weighted by Gasteiger charge is 2.47. The number of hydrogen-bond acceptors (Lipinski definition) is 3. The second-order valence-electron chi connectivity index (χ2n) is 6.64. The molecule has 25 heavy (non-hydrogen) atoms. The Labute approximate surface area is 147 Å². The SMILES string of the molecule is Cc1ccc(C(C)NC(=O)C2(C)Oc3ccccc3NC2=O)c(C)c1. The fourth-order valence-electron chi connectivity index (χ4n) is 3.04. The first-order valence-corrected chi connectivity index (χ1v) is 8.29. The van der Waals surface area contributed by atoms with Crippen LogP contribution in [0.4, 0.5) is 5.69 Å². The van der Waals surface area contributed by atoms with Crippen LogP contribution >= 0.6 is 0 Å². The molecule has 2 N–H and O–H groups in total. The van der Waals surface area contributed by atoms with Gasteiger partial charge in [-0.1, -0.05) is 35.9 Å². The van der Waals surface area contributed by atoms with Gasteiger partial charge in [-0.25, -0.2) is 0 Å². The number of carbonyl (C=O) groups excluding carboxylic acids is 2. The maximum Gasteiger partial charge on any atom is 0.278 e. The van der Waals surface area contributed by atoms with E-state index in [4.69, 9.17) is 4.74 Å². The summed E-state index contributed by atoms with van der Waals surface area (Å²) in [6.07, 6.45) is 0. The molecule has 2 unspecified atom stereocenters. The molecule has 1 aliphatic heterocycles. The molecule has 2 aromatic rings. The number of anilines is 1. The Morgan fingerprint density at radius 1 is 1.20 bits per heavy atom. The van der Waals surface area contributed by atoms with Crippen LogP contribution in [0.15, 0.2) is 42.5 Å². The first kappa shape index (κ1) is 17.0. The second kappa shape index (κ2) is 6.24. The normalized spacial score (nSPS) is 20.1. The van der Waals surface area contributed by atoms with Crippen molar-refractivity contribution < 1.29 is 14.3 Å². The van der Waals surface area contributed by atoms with Gasteiger partial charge in [0.05, 0.1) is 11.7 Å². The maximum atomic E-state index is 12.8. The van der Waals surface area contributed by atoms with Gasteiger partial charge in [0.25, 0.3) is 17.4 Å². The summed E-state index contributed by atoms with van der Waals surface area (Å²) in [5, 5.41) is 5.64.